The lowest BCUT2D eigenvalue weighted by molar-refractivity contribution is 0.386. The molecule has 116 valence electrons. The molecule has 0 amide bonds. The highest BCUT2D eigenvalue weighted by atomic mass is 79.9. The summed E-state index contributed by atoms with van der Waals surface area (Å²) < 4.78 is 20.0. The molecule has 0 heterocycles. The molecule has 0 aliphatic rings. The fourth-order valence-electron chi connectivity index (χ4n) is 2.51. The molecule has 0 radical (unpaired) electrons. The highest BCUT2D eigenvalue weighted by Gasteiger charge is 2.14. The van der Waals surface area contributed by atoms with E-state index in [4.69, 9.17) is 4.74 Å². The van der Waals surface area contributed by atoms with Gasteiger partial charge in [0.05, 0.1) is 7.11 Å². The van der Waals surface area contributed by atoms with Gasteiger partial charge >= 0.3 is 0 Å². The van der Waals surface area contributed by atoms with Crippen molar-refractivity contribution in [3.05, 3.63) is 69.0 Å². The van der Waals surface area contributed by atoms with E-state index in [1.54, 1.807) is 6.07 Å². The molecular weight excluding hydrogens is 343 g/mol. The second-order valence-corrected chi connectivity index (χ2v) is 6.17. The van der Waals surface area contributed by atoms with Crippen molar-refractivity contribution in [3.63, 3.8) is 0 Å². The van der Waals surface area contributed by atoms with Gasteiger partial charge in [0.2, 0.25) is 0 Å². The van der Waals surface area contributed by atoms with E-state index in [9.17, 15) is 4.39 Å². The summed E-state index contributed by atoms with van der Waals surface area (Å²) in [6, 6.07) is 9.57. The van der Waals surface area contributed by atoms with Crippen LogP contribution in [0.1, 0.15) is 35.6 Å². The first-order chi connectivity index (χ1) is 10.5. The largest absolute Gasteiger partial charge is 0.494 e. The molecule has 2 aromatic carbocycles. The molecule has 0 atom stereocenters. The van der Waals surface area contributed by atoms with Crippen molar-refractivity contribution in [2.75, 3.05) is 7.11 Å². The summed E-state index contributed by atoms with van der Waals surface area (Å²) in [5, 5.41) is 0. The molecule has 3 heteroatoms. The molecule has 0 saturated heterocycles. The Balaban J connectivity index is 2.66. The van der Waals surface area contributed by atoms with Crippen LogP contribution in [-0.2, 0) is 0 Å². The molecule has 0 aliphatic heterocycles. The number of allylic oxidation sites excluding steroid dienone is 1. The highest BCUT2D eigenvalue weighted by molar-refractivity contribution is 9.10. The highest BCUT2D eigenvalue weighted by Crippen LogP contribution is 2.35. The SMILES string of the molecule is CC/C=C(/c1cc(OC)c(F)cc1C)c1ccc(C)cc1Br. The molecule has 0 spiro atoms. The zero-order valence-electron chi connectivity index (χ0n) is 13.3. The minimum atomic E-state index is -0.331. The van der Waals surface area contributed by atoms with Gasteiger partial charge < -0.3 is 4.74 Å². The Morgan fingerprint density at radius 3 is 2.50 bits per heavy atom. The average Bonchev–Trinajstić information content (AvgIpc) is 2.46. The van der Waals surface area contributed by atoms with E-state index in [1.165, 1.54) is 18.7 Å². The van der Waals surface area contributed by atoms with Gasteiger partial charge in [-0.15, -0.1) is 0 Å². The van der Waals surface area contributed by atoms with Crippen molar-refractivity contribution in [3.8, 4) is 5.75 Å². The van der Waals surface area contributed by atoms with Crippen LogP contribution in [0.15, 0.2) is 40.9 Å². The Morgan fingerprint density at radius 2 is 1.91 bits per heavy atom. The summed E-state index contributed by atoms with van der Waals surface area (Å²) in [5.74, 6) is -0.0617. The Bertz CT molecular complexity index is 720. The maximum absolute atomic E-state index is 13.9. The first kappa shape index (κ1) is 16.8. The fourth-order valence-corrected chi connectivity index (χ4v) is 3.21. The number of hydrogen-bond donors (Lipinski definition) is 0. The number of methoxy groups -OCH3 is 1. The van der Waals surface area contributed by atoms with Crippen LogP contribution in [0.3, 0.4) is 0 Å². The molecule has 0 N–H and O–H groups in total. The summed E-state index contributed by atoms with van der Waals surface area (Å²) in [7, 11) is 1.49. The van der Waals surface area contributed by atoms with Crippen molar-refractivity contribution in [2.24, 2.45) is 0 Å². The molecule has 0 aliphatic carbocycles. The number of ether oxygens (including phenoxy) is 1. The van der Waals surface area contributed by atoms with E-state index in [-0.39, 0.29) is 11.6 Å². The van der Waals surface area contributed by atoms with Crippen LogP contribution in [0.4, 0.5) is 4.39 Å². The van der Waals surface area contributed by atoms with Crippen molar-refractivity contribution < 1.29 is 9.13 Å². The van der Waals surface area contributed by atoms with Crippen LogP contribution in [-0.4, -0.2) is 7.11 Å². The summed E-state index contributed by atoms with van der Waals surface area (Å²) in [6.45, 7) is 6.07. The molecule has 0 aromatic heterocycles. The first-order valence-corrected chi connectivity index (χ1v) is 8.08. The van der Waals surface area contributed by atoms with E-state index in [1.807, 2.05) is 6.92 Å². The molecule has 0 bridgehead atoms. The van der Waals surface area contributed by atoms with Crippen LogP contribution >= 0.6 is 15.9 Å². The third-order valence-electron chi connectivity index (χ3n) is 3.61. The Kier molecular flexibility index (Phi) is 5.41. The van der Waals surface area contributed by atoms with Gasteiger partial charge in [-0.3, -0.25) is 0 Å². The van der Waals surface area contributed by atoms with Gasteiger partial charge in [0.1, 0.15) is 0 Å². The van der Waals surface area contributed by atoms with Gasteiger partial charge in [0.25, 0.3) is 0 Å². The van der Waals surface area contributed by atoms with Gasteiger partial charge in [-0.1, -0.05) is 41.1 Å². The maximum atomic E-state index is 13.9. The van der Waals surface area contributed by atoms with Crippen molar-refractivity contribution in [2.45, 2.75) is 27.2 Å². The van der Waals surface area contributed by atoms with E-state index in [0.717, 1.165) is 33.2 Å². The normalized spacial score (nSPS) is 11.6. The molecule has 0 fully saturated rings. The fraction of sp³-hybridized carbons (Fsp3) is 0.263. The van der Waals surface area contributed by atoms with Crippen LogP contribution < -0.4 is 4.74 Å². The van der Waals surface area contributed by atoms with Gasteiger partial charge in [0.15, 0.2) is 11.6 Å². The minimum absolute atomic E-state index is 0.269. The standard InChI is InChI=1S/C19H20BrFO/c1-5-6-14(15-8-7-12(2)9-17(15)20)16-11-19(22-4)18(21)10-13(16)3/h6-11H,5H2,1-4H3/b14-6+. The predicted octanol–water partition coefficient (Wildman–Crippen LogP) is 6.06. The summed E-state index contributed by atoms with van der Waals surface area (Å²) in [4.78, 5) is 0. The monoisotopic (exact) mass is 362 g/mol. The second-order valence-electron chi connectivity index (χ2n) is 5.31. The smallest absolute Gasteiger partial charge is 0.165 e. The lowest BCUT2D eigenvalue weighted by atomic mass is 9.92. The van der Waals surface area contributed by atoms with Gasteiger partial charge in [0, 0.05) is 4.47 Å². The predicted molar refractivity (Wildman–Crippen MR) is 93.9 cm³/mol. The van der Waals surface area contributed by atoms with E-state index >= 15 is 0 Å². The summed E-state index contributed by atoms with van der Waals surface area (Å²) >= 11 is 3.64. The Labute approximate surface area is 140 Å². The Hall–Kier alpha value is -1.61. The van der Waals surface area contributed by atoms with Crippen molar-refractivity contribution in [1.29, 1.82) is 0 Å². The summed E-state index contributed by atoms with van der Waals surface area (Å²) in [5.41, 5.74) is 5.27. The first-order valence-electron chi connectivity index (χ1n) is 7.29. The Morgan fingerprint density at radius 1 is 1.18 bits per heavy atom. The van der Waals surface area contributed by atoms with Crippen molar-refractivity contribution in [1.82, 2.24) is 0 Å². The molecule has 1 nitrogen and oxygen atoms in total. The number of aryl methyl sites for hydroxylation is 2. The lowest BCUT2D eigenvalue weighted by Crippen LogP contribution is -1.97. The van der Waals surface area contributed by atoms with Crippen LogP contribution in [0.25, 0.3) is 5.57 Å². The third-order valence-corrected chi connectivity index (χ3v) is 4.27. The molecule has 2 rings (SSSR count). The van der Waals surface area contributed by atoms with Crippen LogP contribution in [0.2, 0.25) is 0 Å². The average molecular weight is 363 g/mol. The van der Waals surface area contributed by atoms with Gasteiger partial charge in [-0.2, -0.15) is 0 Å². The summed E-state index contributed by atoms with van der Waals surface area (Å²) in [6.07, 6.45) is 3.06. The molecule has 2 aromatic rings. The topological polar surface area (TPSA) is 9.23 Å². The third kappa shape index (κ3) is 3.41. The van der Waals surface area contributed by atoms with Crippen molar-refractivity contribution >= 4 is 21.5 Å². The van der Waals surface area contributed by atoms with Crippen LogP contribution in [0.5, 0.6) is 5.75 Å². The number of halogens is 2. The molecule has 0 unspecified atom stereocenters. The maximum Gasteiger partial charge on any atom is 0.165 e. The zero-order valence-corrected chi connectivity index (χ0v) is 14.9. The van der Waals surface area contributed by atoms with Gasteiger partial charge in [-0.25, -0.2) is 4.39 Å². The van der Waals surface area contributed by atoms with E-state index in [2.05, 4.69) is 54.1 Å². The second kappa shape index (κ2) is 7.10. The zero-order chi connectivity index (χ0) is 16.3. The minimum Gasteiger partial charge on any atom is -0.494 e. The van der Waals surface area contributed by atoms with E-state index < -0.39 is 0 Å². The van der Waals surface area contributed by atoms with Gasteiger partial charge in [-0.05, 0) is 66.3 Å². The molecule has 0 saturated carbocycles. The van der Waals surface area contributed by atoms with Crippen LogP contribution in [0, 0.1) is 19.7 Å². The lowest BCUT2D eigenvalue weighted by Gasteiger charge is -2.15. The number of benzene rings is 2. The molecule has 22 heavy (non-hydrogen) atoms. The number of rotatable bonds is 4. The number of hydrogen-bond acceptors (Lipinski definition) is 1. The quantitative estimate of drug-likeness (QED) is 0.642. The van der Waals surface area contributed by atoms with E-state index in [0.29, 0.717) is 0 Å². The molecular formula is C19H20BrFO.